The van der Waals surface area contributed by atoms with E-state index >= 15 is 0 Å². The van der Waals surface area contributed by atoms with Gasteiger partial charge in [0, 0.05) is 18.1 Å². The highest BCUT2D eigenvalue weighted by molar-refractivity contribution is 5.94. The molecule has 0 amide bonds. The Morgan fingerprint density at radius 1 is 1.53 bits per heavy atom. The van der Waals surface area contributed by atoms with Crippen molar-refractivity contribution in [3.05, 3.63) is 35.5 Å². The highest BCUT2D eigenvalue weighted by atomic mass is 16.5. The second kappa shape index (κ2) is 3.74. The number of fused-ring (bicyclic) bond motifs is 1. The van der Waals surface area contributed by atoms with Gasteiger partial charge in [0.05, 0.1) is 12.1 Å². The van der Waals surface area contributed by atoms with Crippen molar-refractivity contribution < 1.29 is 14.6 Å². The van der Waals surface area contributed by atoms with Gasteiger partial charge in [0.1, 0.15) is 5.69 Å². The van der Waals surface area contributed by atoms with Gasteiger partial charge in [0.15, 0.2) is 0 Å². The molecule has 0 saturated heterocycles. The summed E-state index contributed by atoms with van der Waals surface area (Å²) in [5.41, 5.74) is 1.99. The topological polar surface area (TPSA) is 62.3 Å². The fraction of sp³-hybridized carbons (Fsp3) is 0.182. The quantitative estimate of drug-likeness (QED) is 0.805. The first kappa shape index (κ1) is 9.73. The molecule has 0 radical (unpaired) electrons. The number of para-hydroxylation sites is 1. The summed E-state index contributed by atoms with van der Waals surface area (Å²) in [4.78, 5) is 13.6. The van der Waals surface area contributed by atoms with Crippen molar-refractivity contribution in [2.24, 2.45) is 0 Å². The van der Waals surface area contributed by atoms with Crippen LogP contribution in [-0.4, -0.2) is 23.2 Å². The molecule has 0 unspecified atom stereocenters. The Hall–Kier alpha value is -1.81. The molecule has 0 spiro atoms. The maximum Gasteiger partial charge on any atom is 0.352 e. The minimum Gasteiger partial charge on any atom is -0.477 e. The van der Waals surface area contributed by atoms with Gasteiger partial charge in [-0.2, -0.15) is 0 Å². The van der Waals surface area contributed by atoms with E-state index in [-0.39, 0.29) is 5.69 Å². The molecule has 0 aliphatic heterocycles. The lowest BCUT2D eigenvalue weighted by molar-refractivity contribution is 0.0691. The van der Waals surface area contributed by atoms with E-state index in [1.807, 2.05) is 18.2 Å². The molecule has 2 rings (SSSR count). The van der Waals surface area contributed by atoms with Crippen LogP contribution < -0.4 is 0 Å². The molecule has 2 aromatic rings. The standard InChI is InChI=1S/C11H11NO3/c1-15-6-8-4-2-3-7-5-9(11(13)14)12-10(7)8/h2-5,12H,6H2,1H3,(H,13,14). The third kappa shape index (κ3) is 1.71. The van der Waals surface area contributed by atoms with Crippen molar-refractivity contribution in [1.82, 2.24) is 4.98 Å². The van der Waals surface area contributed by atoms with Crippen LogP contribution in [0.5, 0.6) is 0 Å². The molecule has 0 aliphatic carbocycles. The van der Waals surface area contributed by atoms with E-state index in [1.165, 1.54) is 0 Å². The van der Waals surface area contributed by atoms with Crippen LogP contribution in [0.1, 0.15) is 16.1 Å². The van der Waals surface area contributed by atoms with Gasteiger partial charge in [-0.3, -0.25) is 0 Å². The number of carbonyl (C=O) groups is 1. The van der Waals surface area contributed by atoms with Crippen molar-refractivity contribution in [3.8, 4) is 0 Å². The number of aromatic nitrogens is 1. The third-order valence-corrected chi connectivity index (χ3v) is 2.27. The maximum absolute atomic E-state index is 10.8. The number of aromatic carboxylic acids is 1. The number of nitrogens with one attached hydrogen (secondary N) is 1. The Morgan fingerprint density at radius 3 is 3.00 bits per heavy atom. The van der Waals surface area contributed by atoms with Gasteiger partial charge in [-0.1, -0.05) is 18.2 Å². The van der Waals surface area contributed by atoms with E-state index in [9.17, 15) is 4.79 Å². The fourth-order valence-corrected chi connectivity index (χ4v) is 1.61. The average Bonchev–Trinajstić information content (AvgIpc) is 2.63. The van der Waals surface area contributed by atoms with Gasteiger partial charge < -0.3 is 14.8 Å². The molecule has 1 heterocycles. The van der Waals surface area contributed by atoms with Crippen LogP contribution in [-0.2, 0) is 11.3 Å². The maximum atomic E-state index is 10.8. The van der Waals surface area contributed by atoms with Crippen LogP contribution in [0.2, 0.25) is 0 Å². The average molecular weight is 205 g/mol. The molecule has 15 heavy (non-hydrogen) atoms. The molecule has 0 atom stereocenters. The van der Waals surface area contributed by atoms with E-state index in [0.29, 0.717) is 6.61 Å². The van der Waals surface area contributed by atoms with Crippen molar-refractivity contribution in [2.45, 2.75) is 6.61 Å². The first-order chi connectivity index (χ1) is 7.22. The largest absolute Gasteiger partial charge is 0.477 e. The zero-order valence-electron chi connectivity index (χ0n) is 8.28. The van der Waals surface area contributed by atoms with Gasteiger partial charge in [0.25, 0.3) is 0 Å². The first-order valence-corrected chi connectivity index (χ1v) is 4.55. The molecule has 1 aromatic heterocycles. The summed E-state index contributed by atoms with van der Waals surface area (Å²) in [5, 5.41) is 9.73. The number of carboxylic acids is 1. The number of methoxy groups -OCH3 is 1. The summed E-state index contributed by atoms with van der Waals surface area (Å²) in [5.74, 6) is -0.949. The third-order valence-electron chi connectivity index (χ3n) is 2.27. The molecular formula is C11H11NO3. The molecule has 0 bridgehead atoms. The van der Waals surface area contributed by atoms with E-state index < -0.39 is 5.97 Å². The monoisotopic (exact) mass is 205 g/mol. The van der Waals surface area contributed by atoms with Gasteiger partial charge in [-0.15, -0.1) is 0 Å². The summed E-state index contributed by atoms with van der Waals surface area (Å²) in [6, 6.07) is 7.29. The van der Waals surface area contributed by atoms with E-state index in [0.717, 1.165) is 16.5 Å². The molecule has 4 heteroatoms. The van der Waals surface area contributed by atoms with Crippen molar-refractivity contribution >= 4 is 16.9 Å². The van der Waals surface area contributed by atoms with E-state index in [2.05, 4.69) is 4.98 Å². The molecule has 78 valence electrons. The predicted octanol–water partition coefficient (Wildman–Crippen LogP) is 2.01. The number of benzene rings is 1. The number of ether oxygens (including phenoxy) is 1. The Balaban J connectivity index is 2.59. The SMILES string of the molecule is COCc1cccc2cc(C(=O)O)[nH]c12. The minimum atomic E-state index is -0.949. The van der Waals surface area contributed by atoms with Crippen LogP contribution in [0.3, 0.4) is 0 Å². The number of hydrogen-bond donors (Lipinski definition) is 2. The molecule has 0 saturated carbocycles. The summed E-state index contributed by atoms with van der Waals surface area (Å²) in [6.07, 6.45) is 0. The summed E-state index contributed by atoms with van der Waals surface area (Å²) < 4.78 is 5.04. The molecule has 1 aromatic carbocycles. The summed E-state index contributed by atoms with van der Waals surface area (Å²) in [7, 11) is 1.61. The molecule has 2 N–H and O–H groups in total. The van der Waals surface area contributed by atoms with Crippen molar-refractivity contribution in [2.75, 3.05) is 7.11 Å². The lowest BCUT2D eigenvalue weighted by Crippen LogP contribution is -1.95. The Kier molecular flexibility index (Phi) is 2.43. The number of rotatable bonds is 3. The Bertz CT molecular complexity index is 502. The van der Waals surface area contributed by atoms with Crippen molar-refractivity contribution in [1.29, 1.82) is 0 Å². The zero-order valence-corrected chi connectivity index (χ0v) is 8.28. The lowest BCUT2D eigenvalue weighted by Gasteiger charge is -2.00. The normalized spacial score (nSPS) is 10.7. The Labute approximate surface area is 86.5 Å². The molecule has 4 nitrogen and oxygen atoms in total. The predicted molar refractivity (Wildman–Crippen MR) is 56.0 cm³/mol. The number of H-pyrrole nitrogens is 1. The number of hydrogen-bond acceptors (Lipinski definition) is 2. The van der Waals surface area contributed by atoms with Crippen LogP contribution in [0.25, 0.3) is 10.9 Å². The smallest absolute Gasteiger partial charge is 0.352 e. The lowest BCUT2D eigenvalue weighted by atomic mass is 10.1. The summed E-state index contributed by atoms with van der Waals surface area (Å²) in [6.45, 7) is 0.469. The number of aromatic amines is 1. The zero-order chi connectivity index (χ0) is 10.8. The van der Waals surface area contributed by atoms with Crippen molar-refractivity contribution in [3.63, 3.8) is 0 Å². The van der Waals surface area contributed by atoms with Gasteiger partial charge >= 0.3 is 5.97 Å². The molecule has 0 aliphatic rings. The van der Waals surface area contributed by atoms with Gasteiger partial charge in [-0.25, -0.2) is 4.79 Å². The van der Waals surface area contributed by atoms with Crippen LogP contribution >= 0.6 is 0 Å². The van der Waals surface area contributed by atoms with Gasteiger partial charge in [0.2, 0.25) is 0 Å². The second-order valence-corrected chi connectivity index (χ2v) is 3.30. The highest BCUT2D eigenvalue weighted by Crippen LogP contribution is 2.20. The first-order valence-electron chi connectivity index (χ1n) is 4.55. The molecular weight excluding hydrogens is 194 g/mol. The fourth-order valence-electron chi connectivity index (χ4n) is 1.61. The van der Waals surface area contributed by atoms with Crippen LogP contribution in [0.15, 0.2) is 24.3 Å². The van der Waals surface area contributed by atoms with Gasteiger partial charge in [-0.05, 0) is 6.07 Å². The Morgan fingerprint density at radius 2 is 2.33 bits per heavy atom. The highest BCUT2D eigenvalue weighted by Gasteiger charge is 2.09. The van der Waals surface area contributed by atoms with Crippen LogP contribution in [0.4, 0.5) is 0 Å². The molecule has 0 fully saturated rings. The van der Waals surface area contributed by atoms with Crippen LogP contribution in [0, 0.1) is 0 Å². The van der Waals surface area contributed by atoms with E-state index in [1.54, 1.807) is 13.2 Å². The van der Waals surface area contributed by atoms with E-state index in [4.69, 9.17) is 9.84 Å². The summed E-state index contributed by atoms with van der Waals surface area (Å²) >= 11 is 0. The second-order valence-electron chi connectivity index (χ2n) is 3.30. The number of carboxylic acid groups (broad SMARTS) is 1. The minimum absolute atomic E-state index is 0.202.